The Kier molecular flexibility index (Phi) is 5.50. The molecule has 0 aliphatic heterocycles. The fourth-order valence-corrected chi connectivity index (χ4v) is 5.82. The summed E-state index contributed by atoms with van der Waals surface area (Å²) in [5, 5.41) is 9.88. The van der Waals surface area contributed by atoms with E-state index in [4.69, 9.17) is 0 Å². The highest BCUT2D eigenvalue weighted by Crippen LogP contribution is 2.35. The third-order valence-corrected chi connectivity index (χ3v) is 7.71. The zero-order valence-corrected chi connectivity index (χ0v) is 20.6. The highest BCUT2D eigenvalue weighted by molar-refractivity contribution is 6.01. The molecule has 1 aliphatic rings. The second kappa shape index (κ2) is 9.28. The summed E-state index contributed by atoms with van der Waals surface area (Å²) >= 11 is 0. The van der Waals surface area contributed by atoms with E-state index in [1.807, 2.05) is 43.1 Å². The first-order valence-electron chi connectivity index (χ1n) is 13.1. The summed E-state index contributed by atoms with van der Waals surface area (Å²) in [6, 6.07) is 17.1. The van der Waals surface area contributed by atoms with Crippen molar-refractivity contribution in [3.8, 4) is 33.6 Å². The van der Waals surface area contributed by atoms with Crippen molar-refractivity contribution < 1.29 is 0 Å². The van der Waals surface area contributed by atoms with Gasteiger partial charge in [-0.2, -0.15) is 5.10 Å². The van der Waals surface area contributed by atoms with Gasteiger partial charge >= 0.3 is 0 Å². The van der Waals surface area contributed by atoms with Crippen LogP contribution in [0.3, 0.4) is 0 Å². The minimum Gasteiger partial charge on any atom is -0.353 e. The van der Waals surface area contributed by atoms with Crippen LogP contribution in [0.1, 0.15) is 37.7 Å². The number of H-pyrrole nitrogens is 2. The molecule has 37 heavy (non-hydrogen) atoms. The summed E-state index contributed by atoms with van der Waals surface area (Å²) in [7, 11) is 0. The van der Waals surface area contributed by atoms with Gasteiger partial charge in [-0.15, -0.1) is 0 Å². The number of aromatic amines is 2. The van der Waals surface area contributed by atoms with Crippen LogP contribution in [-0.4, -0.2) is 30.1 Å². The topological polar surface area (TPSA) is 83.1 Å². The smallest absolute Gasteiger partial charge is 0.181 e. The Morgan fingerprint density at radius 3 is 2.54 bits per heavy atom. The van der Waals surface area contributed by atoms with Crippen LogP contribution in [0.25, 0.3) is 55.6 Å². The highest BCUT2D eigenvalue weighted by Gasteiger charge is 2.16. The van der Waals surface area contributed by atoms with Crippen LogP contribution in [0.4, 0.5) is 0 Å². The second-order valence-electron chi connectivity index (χ2n) is 10.2. The molecule has 0 radical (unpaired) electrons. The molecule has 0 atom stereocenters. The number of benzene rings is 1. The maximum absolute atomic E-state index is 4.68. The van der Waals surface area contributed by atoms with Crippen LogP contribution >= 0.6 is 0 Å². The molecule has 0 bridgehead atoms. The Bertz CT molecular complexity index is 1690. The van der Waals surface area contributed by atoms with Gasteiger partial charge in [0.2, 0.25) is 0 Å². The maximum atomic E-state index is 4.68. The van der Waals surface area contributed by atoms with Crippen molar-refractivity contribution >= 4 is 21.9 Å². The Morgan fingerprint density at radius 2 is 1.65 bits per heavy atom. The molecule has 182 valence electrons. The molecule has 0 saturated heterocycles. The molecule has 1 fully saturated rings. The minimum atomic E-state index is 0.707. The van der Waals surface area contributed by atoms with Crippen molar-refractivity contribution in [3.63, 3.8) is 0 Å². The van der Waals surface area contributed by atoms with Crippen molar-refractivity contribution in [2.75, 3.05) is 0 Å². The van der Waals surface area contributed by atoms with Gasteiger partial charge in [0.1, 0.15) is 0 Å². The number of aromatic nitrogens is 6. The van der Waals surface area contributed by atoms with Crippen LogP contribution in [0.2, 0.25) is 0 Å². The molecule has 1 aliphatic carbocycles. The molecule has 1 aromatic carbocycles. The molecule has 7 rings (SSSR count). The zero-order valence-electron chi connectivity index (χ0n) is 20.6. The van der Waals surface area contributed by atoms with E-state index in [1.165, 1.54) is 43.2 Å². The lowest BCUT2D eigenvalue weighted by Gasteiger charge is -2.21. The highest BCUT2D eigenvalue weighted by atomic mass is 15.2. The summed E-state index contributed by atoms with van der Waals surface area (Å²) in [5.41, 5.74) is 9.50. The molecular formula is C31H28N6. The fourth-order valence-electron chi connectivity index (χ4n) is 5.82. The van der Waals surface area contributed by atoms with Gasteiger partial charge in [0.15, 0.2) is 5.65 Å². The molecule has 6 nitrogen and oxygen atoms in total. The molecule has 6 heteroatoms. The first kappa shape index (κ1) is 21.9. The van der Waals surface area contributed by atoms with Crippen molar-refractivity contribution in [2.45, 2.75) is 38.5 Å². The van der Waals surface area contributed by atoms with Gasteiger partial charge in [-0.05, 0) is 65.4 Å². The molecular weight excluding hydrogens is 456 g/mol. The summed E-state index contributed by atoms with van der Waals surface area (Å²) in [6.45, 7) is 0. The maximum Gasteiger partial charge on any atom is 0.181 e. The third kappa shape index (κ3) is 4.18. The molecule has 0 unspecified atom stereocenters. The Labute approximate surface area is 215 Å². The molecule has 2 N–H and O–H groups in total. The predicted molar refractivity (Wildman–Crippen MR) is 148 cm³/mol. The minimum absolute atomic E-state index is 0.707. The molecule has 0 spiro atoms. The lowest BCUT2D eigenvalue weighted by molar-refractivity contribution is 0.356. The quantitative estimate of drug-likeness (QED) is 0.268. The number of hydrogen-bond donors (Lipinski definition) is 2. The van der Waals surface area contributed by atoms with Crippen LogP contribution in [-0.2, 0) is 6.42 Å². The number of nitrogens with one attached hydrogen (secondary N) is 2. The summed E-state index contributed by atoms with van der Waals surface area (Å²) in [5.74, 6) is 0.783. The largest absolute Gasteiger partial charge is 0.353 e. The monoisotopic (exact) mass is 484 g/mol. The van der Waals surface area contributed by atoms with E-state index in [1.54, 1.807) is 0 Å². The van der Waals surface area contributed by atoms with Gasteiger partial charge in [-0.3, -0.25) is 15.1 Å². The van der Waals surface area contributed by atoms with Gasteiger partial charge in [-0.1, -0.05) is 44.2 Å². The molecule has 0 amide bonds. The normalized spacial score (nSPS) is 14.5. The second-order valence-corrected chi connectivity index (χ2v) is 10.2. The van der Waals surface area contributed by atoms with Crippen molar-refractivity contribution in [1.29, 1.82) is 0 Å². The van der Waals surface area contributed by atoms with Gasteiger partial charge in [0.25, 0.3) is 0 Å². The van der Waals surface area contributed by atoms with E-state index < -0.39 is 0 Å². The number of fused-ring (bicyclic) bond motifs is 2. The van der Waals surface area contributed by atoms with Gasteiger partial charge < -0.3 is 4.98 Å². The van der Waals surface area contributed by atoms with Gasteiger partial charge in [0.05, 0.1) is 11.4 Å². The molecule has 5 heterocycles. The molecule has 6 aromatic rings. The van der Waals surface area contributed by atoms with Gasteiger partial charge in [0, 0.05) is 58.4 Å². The fraction of sp³-hybridized carbons (Fsp3) is 0.226. The van der Waals surface area contributed by atoms with E-state index in [0.717, 1.165) is 56.7 Å². The van der Waals surface area contributed by atoms with E-state index in [9.17, 15) is 0 Å². The van der Waals surface area contributed by atoms with Gasteiger partial charge in [-0.25, -0.2) is 4.98 Å². The number of rotatable bonds is 5. The van der Waals surface area contributed by atoms with Crippen molar-refractivity contribution in [3.05, 3.63) is 85.1 Å². The van der Waals surface area contributed by atoms with Crippen molar-refractivity contribution in [2.24, 2.45) is 5.92 Å². The Morgan fingerprint density at radius 1 is 0.784 bits per heavy atom. The summed E-state index contributed by atoms with van der Waals surface area (Å²) < 4.78 is 0. The first-order chi connectivity index (χ1) is 18.3. The first-order valence-corrected chi connectivity index (χ1v) is 13.1. The predicted octanol–water partition coefficient (Wildman–Crippen LogP) is 7.35. The SMILES string of the molecule is c1cc(-c2ccncc2)c2cc(-c3[nH]nc4ncc(-c5cncc(CC6CCCCC6)c5)cc34)[nH]c2c1. The number of pyridine rings is 3. The third-order valence-electron chi connectivity index (χ3n) is 7.71. The molecule has 1 saturated carbocycles. The number of nitrogens with zero attached hydrogens (tertiary/aromatic N) is 4. The Balaban J connectivity index is 1.26. The average Bonchev–Trinajstić information content (AvgIpc) is 3.58. The van der Waals surface area contributed by atoms with E-state index in [0.29, 0.717) is 5.65 Å². The standard InChI is InChI=1S/C31H28N6/c1-2-5-20(6-3-1)13-21-14-23(18-33-17-21)24-15-27-30(36-37-31(27)34-19-24)29-16-26-25(7-4-8-28(26)35-29)22-9-11-32-12-10-22/h4,7-12,14-20,35H,1-3,5-6,13H2,(H,34,36,37). The van der Waals surface area contributed by atoms with E-state index in [-0.39, 0.29) is 0 Å². The van der Waals surface area contributed by atoms with Crippen LogP contribution in [0, 0.1) is 5.92 Å². The lowest BCUT2D eigenvalue weighted by Crippen LogP contribution is -2.09. The van der Waals surface area contributed by atoms with E-state index in [2.05, 4.69) is 66.5 Å². The average molecular weight is 485 g/mol. The van der Waals surface area contributed by atoms with Crippen LogP contribution in [0.5, 0.6) is 0 Å². The van der Waals surface area contributed by atoms with E-state index >= 15 is 0 Å². The zero-order chi connectivity index (χ0) is 24.6. The Hall–Kier alpha value is -4.32. The number of hydrogen-bond acceptors (Lipinski definition) is 4. The van der Waals surface area contributed by atoms with Crippen molar-refractivity contribution in [1.82, 2.24) is 30.1 Å². The molecule has 5 aromatic heterocycles. The lowest BCUT2D eigenvalue weighted by atomic mass is 9.85. The summed E-state index contributed by atoms with van der Waals surface area (Å²) in [4.78, 5) is 17.0. The van der Waals surface area contributed by atoms with Crippen LogP contribution < -0.4 is 0 Å². The summed E-state index contributed by atoms with van der Waals surface area (Å²) in [6.07, 6.45) is 17.4. The van der Waals surface area contributed by atoms with Crippen LogP contribution in [0.15, 0.2) is 79.5 Å².